The van der Waals surface area contributed by atoms with Crippen LogP contribution in [0.1, 0.15) is 5.56 Å². The molecule has 0 aliphatic heterocycles. The van der Waals surface area contributed by atoms with Crippen LogP contribution >= 0.6 is 23.8 Å². The van der Waals surface area contributed by atoms with Crippen LogP contribution in [0.4, 0.5) is 5.69 Å². The Morgan fingerprint density at radius 3 is 2.56 bits per heavy atom. The number of benzene rings is 2. The van der Waals surface area contributed by atoms with Gasteiger partial charge in [-0.1, -0.05) is 35.9 Å². The van der Waals surface area contributed by atoms with Crippen molar-refractivity contribution < 1.29 is 4.74 Å². The maximum atomic E-state index is 6.03. The van der Waals surface area contributed by atoms with E-state index < -0.39 is 0 Å². The zero-order valence-corrected chi connectivity index (χ0v) is 11.4. The lowest BCUT2D eigenvalue weighted by Gasteiger charge is -2.10. The van der Waals surface area contributed by atoms with Gasteiger partial charge in [0, 0.05) is 10.7 Å². The van der Waals surface area contributed by atoms with Crippen LogP contribution in [0.15, 0.2) is 48.5 Å². The van der Waals surface area contributed by atoms with Gasteiger partial charge in [-0.3, -0.25) is 0 Å². The van der Waals surface area contributed by atoms with Crippen molar-refractivity contribution in [3.8, 4) is 5.75 Å². The van der Waals surface area contributed by atoms with E-state index in [9.17, 15) is 0 Å². The molecule has 2 rings (SSSR count). The molecule has 0 fully saturated rings. The Hall–Kier alpha value is -1.58. The Labute approximate surface area is 117 Å². The van der Waals surface area contributed by atoms with Crippen LogP contribution in [0.5, 0.6) is 5.75 Å². The minimum absolute atomic E-state index is 0.293. The SMILES string of the molecule is Cc1ccc(NC(=S)Oc2ccccc2)cc1Cl. The third kappa shape index (κ3) is 3.45. The number of aryl methyl sites for hydroxylation is 1. The lowest BCUT2D eigenvalue weighted by molar-refractivity contribution is 0.563. The largest absolute Gasteiger partial charge is 0.432 e. The van der Waals surface area contributed by atoms with Crippen LogP contribution in [0.2, 0.25) is 5.02 Å². The Bertz CT molecular complexity index is 557. The van der Waals surface area contributed by atoms with Crippen molar-refractivity contribution in [1.82, 2.24) is 0 Å². The molecule has 0 radical (unpaired) electrons. The number of halogens is 1. The first-order valence-corrected chi connectivity index (χ1v) is 6.24. The van der Waals surface area contributed by atoms with Crippen molar-refractivity contribution in [3.63, 3.8) is 0 Å². The van der Waals surface area contributed by atoms with Gasteiger partial charge in [-0.05, 0) is 49.0 Å². The summed E-state index contributed by atoms with van der Waals surface area (Å²) in [5.41, 5.74) is 1.84. The van der Waals surface area contributed by atoms with Crippen LogP contribution in [0.25, 0.3) is 0 Å². The van der Waals surface area contributed by atoms with Crippen molar-refractivity contribution >= 4 is 34.7 Å². The molecule has 0 spiro atoms. The summed E-state index contributed by atoms with van der Waals surface area (Å²) in [5, 5.41) is 3.97. The molecule has 0 aliphatic rings. The van der Waals surface area contributed by atoms with Gasteiger partial charge in [0.25, 0.3) is 5.17 Å². The van der Waals surface area contributed by atoms with Gasteiger partial charge in [0.05, 0.1) is 0 Å². The molecule has 92 valence electrons. The fourth-order valence-electron chi connectivity index (χ4n) is 1.41. The van der Waals surface area contributed by atoms with Crippen LogP contribution in [-0.2, 0) is 0 Å². The molecule has 0 heterocycles. The smallest absolute Gasteiger partial charge is 0.266 e. The summed E-state index contributed by atoms with van der Waals surface area (Å²) in [6.07, 6.45) is 0. The number of ether oxygens (including phenoxy) is 1. The lowest BCUT2D eigenvalue weighted by atomic mass is 10.2. The van der Waals surface area contributed by atoms with E-state index in [2.05, 4.69) is 5.32 Å². The second-order valence-electron chi connectivity index (χ2n) is 3.79. The van der Waals surface area contributed by atoms with Crippen LogP contribution in [0, 0.1) is 6.92 Å². The van der Waals surface area contributed by atoms with Crippen LogP contribution in [0.3, 0.4) is 0 Å². The second-order valence-corrected chi connectivity index (χ2v) is 4.57. The van der Waals surface area contributed by atoms with Gasteiger partial charge in [-0.2, -0.15) is 0 Å². The first-order valence-electron chi connectivity index (χ1n) is 5.45. The number of rotatable bonds is 2. The molecule has 0 aliphatic carbocycles. The fourth-order valence-corrected chi connectivity index (χ4v) is 1.80. The summed E-state index contributed by atoms with van der Waals surface area (Å²) in [7, 11) is 0. The van der Waals surface area contributed by atoms with Crippen molar-refractivity contribution in [2.24, 2.45) is 0 Å². The third-order valence-electron chi connectivity index (χ3n) is 2.37. The molecule has 2 aromatic rings. The highest BCUT2D eigenvalue weighted by Crippen LogP contribution is 2.20. The van der Waals surface area contributed by atoms with E-state index in [0.717, 1.165) is 11.3 Å². The van der Waals surface area contributed by atoms with Gasteiger partial charge in [-0.15, -0.1) is 0 Å². The van der Waals surface area contributed by atoms with E-state index in [1.165, 1.54) is 0 Å². The Kier molecular flexibility index (Phi) is 4.18. The average Bonchev–Trinajstić information content (AvgIpc) is 2.35. The predicted molar refractivity (Wildman–Crippen MR) is 79.5 cm³/mol. The molecule has 18 heavy (non-hydrogen) atoms. The molecule has 2 nitrogen and oxygen atoms in total. The highest BCUT2D eigenvalue weighted by atomic mass is 35.5. The first kappa shape index (κ1) is 12.9. The molecule has 2 aromatic carbocycles. The summed E-state index contributed by atoms with van der Waals surface area (Å²) in [4.78, 5) is 0. The Morgan fingerprint density at radius 2 is 1.89 bits per heavy atom. The topological polar surface area (TPSA) is 21.3 Å². The summed E-state index contributed by atoms with van der Waals surface area (Å²) >= 11 is 11.2. The molecular weight excluding hydrogens is 266 g/mol. The van der Waals surface area contributed by atoms with Crippen molar-refractivity contribution in [2.75, 3.05) is 5.32 Å². The molecule has 0 unspecified atom stereocenters. The van der Waals surface area contributed by atoms with Gasteiger partial charge in [0.1, 0.15) is 5.75 Å². The predicted octanol–water partition coefficient (Wildman–Crippen LogP) is 4.42. The van der Waals surface area contributed by atoms with Gasteiger partial charge < -0.3 is 10.1 Å². The summed E-state index contributed by atoms with van der Waals surface area (Å²) in [6, 6.07) is 15.0. The molecule has 0 atom stereocenters. The minimum atomic E-state index is 0.293. The molecular formula is C14H12ClNOS. The second kappa shape index (κ2) is 5.85. The van der Waals surface area contributed by atoms with Crippen molar-refractivity contribution in [1.29, 1.82) is 0 Å². The highest BCUT2D eigenvalue weighted by Gasteiger charge is 2.02. The van der Waals surface area contributed by atoms with Crippen LogP contribution < -0.4 is 10.1 Å². The normalized spacial score (nSPS) is 9.89. The van der Waals surface area contributed by atoms with E-state index in [1.807, 2.05) is 55.5 Å². The number of hydrogen-bond donors (Lipinski definition) is 1. The lowest BCUT2D eigenvalue weighted by Crippen LogP contribution is -2.16. The van der Waals surface area contributed by atoms with Crippen molar-refractivity contribution in [2.45, 2.75) is 6.92 Å². The summed E-state index contributed by atoms with van der Waals surface area (Å²) in [5.74, 6) is 0.702. The van der Waals surface area contributed by atoms with Crippen molar-refractivity contribution in [3.05, 3.63) is 59.1 Å². The molecule has 0 saturated heterocycles. The molecule has 4 heteroatoms. The fraction of sp³-hybridized carbons (Fsp3) is 0.0714. The summed E-state index contributed by atoms with van der Waals surface area (Å²) in [6.45, 7) is 1.95. The van der Waals surface area contributed by atoms with E-state index in [1.54, 1.807) is 0 Å². The van der Waals surface area contributed by atoms with Gasteiger partial charge in [-0.25, -0.2) is 0 Å². The third-order valence-corrected chi connectivity index (χ3v) is 2.96. The van der Waals surface area contributed by atoms with Gasteiger partial charge in [0.15, 0.2) is 0 Å². The molecule has 0 aromatic heterocycles. The number of hydrogen-bond acceptors (Lipinski definition) is 2. The zero-order valence-electron chi connectivity index (χ0n) is 9.81. The zero-order chi connectivity index (χ0) is 13.0. The van der Waals surface area contributed by atoms with E-state index in [-0.39, 0.29) is 0 Å². The maximum Gasteiger partial charge on any atom is 0.266 e. The van der Waals surface area contributed by atoms with E-state index in [4.69, 9.17) is 28.6 Å². The van der Waals surface area contributed by atoms with Gasteiger partial charge >= 0.3 is 0 Å². The average molecular weight is 278 g/mol. The number of thiocarbonyl (C=S) groups is 1. The Balaban J connectivity index is 2.01. The molecule has 1 N–H and O–H groups in total. The highest BCUT2D eigenvalue weighted by molar-refractivity contribution is 7.80. The number of nitrogens with one attached hydrogen (secondary N) is 1. The van der Waals surface area contributed by atoms with E-state index >= 15 is 0 Å². The minimum Gasteiger partial charge on any atom is -0.432 e. The van der Waals surface area contributed by atoms with Crippen LogP contribution in [-0.4, -0.2) is 5.17 Å². The standard InChI is InChI=1S/C14H12ClNOS/c1-10-7-8-11(9-13(10)15)16-14(18)17-12-5-3-2-4-6-12/h2-9H,1H3,(H,16,18). The maximum absolute atomic E-state index is 6.03. The summed E-state index contributed by atoms with van der Waals surface area (Å²) < 4.78 is 5.47. The Morgan fingerprint density at radius 1 is 1.17 bits per heavy atom. The van der Waals surface area contributed by atoms with E-state index in [0.29, 0.717) is 15.9 Å². The monoisotopic (exact) mass is 277 g/mol. The molecule has 0 amide bonds. The first-order chi connectivity index (χ1) is 8.65. The molecule has 0 saturated carbocycles. The quantitative estimate of drug-likeness (QED) is 0.821. The molecule has 0 bridgehead atoms. The number of para-hydroxylation sites is 1. The number of anilines is 1. The van der Waals surface area contributed by atoms with Gasteiger partial charge in [0.2, 0.25) is 0 Å².